The van der Waals surface area contributed by atoms with E-state index in [9.17, 15) is 4.79 Å². The van der Waals surface area contributed by atoms with E-state index in [1.165, 1.54) is 23.1 Å². The van der Waals surface area contributed by atoms with E-state index in [2.05, 4.69) is 31.8 Å². The van der Waals surface area contributed by atoms with Crippen LogP contribution in [0.2, 0.25) is 0 Å². The highest BCUT2D eigenvalue weighted by molar-refractivity contribution is 7.99. The number of nitrogens with zero attached hydrogens (tertiary/aromatic N) is 6. The molecule has 3 aromatic rings. The van der Waals surface area contributed by atoms with Crippen LogP contribution in [0.5, 0.6) is 0 Å². The zero-order chi connectivity index (χ0) is 20.1. The monoisotopic (exact) mass is 417 g/mol. The standard InChI is InChI=1S/C18H23N7OS2/c1-5-15-20-22-17(28-15)19-14(26)11-27-18-23-21-16(25(18)6-2)12-8-7-9-13(10-12)24(3)4/h7-10H,5-6,11H2,1-4H3,(H,19,22,26). The van der Waals surface area contributed by atoms with E-state index in [4.69, 9.17) is 0 Å². The van der Waals surface area contributed by atoms with Crippen LogP contribution in [0.1, 0.15) is 18.9 Å². The van der Waals surface area contributed by atoms with Crippen LogP contribution in [0.15, 0.2) is 29.4 Å². The third-order valence-electron chi connectivity index (χ3n) is 4.00. The summed E-state index contributed by atoms with van der Waals surface area (Å²) in [6.45, 7) is 4.76. The third kappa shape index (κ3) is 4.68. The zero-order valence-corrected chi connectivity index (χ0v) is 18.0. The van der Waals surface area contributed by atoms with Gasteiger partial charge in [0.05, 0.1) is 5.75 Å². The summed E-state index contributed by atoms with van der Waals surface area (Å²) in [5.41, 5.74) is 2.10. The molecule has 1 amide bonds. The van der Waals surface area contributed by atoms with Gasteiger partial charge in [-0.25, -0.2) is 0 Å². The van der Waals surface area contributed by atoms with E-state index in [0.29, 0.717) is 5.13 Å². The van der Waals surface area contributed by atoms with Crippen molar-refractivity contribution in [3.05, 3.63) is 29.3 Å². The second-order valence-electron chi connectivity index (χ2n) is 6.19. The molecule has 28 heavy (non-hydrogen) atoms. The molecule has 2 aromatic heterocycles. The Labute approximate surface area is 172 Å². The summed E-state index contributed by atoms with van der Waals surface area (Å²) in [5.74, 6) is 0.896. The van der Waals surface area contributed by atoms with Gasteiger partial charge in [0, 0.05) is 31.9 Å². The number of nitrogens with one attached hydrogen (secondary N) is 1. The first kappa shape index (κ1) is 20.3. The molecule has 0 aliphatic rings. The van der Waals surface area contributed by atoms with Gasteiger partial charge in [0.2, 0.25) is 11.0 Å². The molecule has 0 radical (unpaired) electrons. The van der Waals surface area contributed by atoms with Crippen LogP contribution in [0.3, 0.4) is 0 Å². The van der Waals surface area contributed by atoms with Gasteiger partial charge in [-0.05, 0) is 25.5 Å². The van der Waals surface area contributed by atoms with Crippen molar-refractivity contribution in [1.29, 1.82) is 0 Å². The number of thioether (sulfide) groups is 1. The van der Waals surface area contributed by atoms with Crippen molar-refractivity contribution in [2.45, 2.75) is 32.0 Å². The highest BCUT2D eigenvalue weighted by Crippen LogP contribution is 2.26. The molecule has 148 valence electrons. The minimum absolute atomic E-state index is 0.134. The van der Waals surface area contributed by atoms with Crippen LogP contribution in [0.25, 0.3) is 11.4 Å². The summed E-state index contributed by atoms with van der Waals surface area (Å²) in [4.78, 5) is 14.3. The van der Waals surface area contributed by atoms with Crippen molar-refractivity contribution >= 4 is 39.8 Å². The maximum Gasteiger partial charge on any atom is 0.236 e. The number of benzene rings is 1. The molecule has 1 N–H and O–H groups in total. The number of rotatable bonds is 8. The average molecular weight is 418 g/mol. The van der Waals surface area contributed by atoms with E-state index in [1.807, 2.05) is 55.6 Å². The number of amides is 1. The Morgan fingerprint density at radius 3 is 2.71 bits per heavy atom. The van der Waals surface area contributed by atoms with Gasteiger partial charge in [-0.15, -0.1) is 20.4 Å². The van der Waals surface area contributed by atoms with E-state index < -0.39 is 0 Å². The fraction of sp³-hybridized carbons (Fsp3) is 0.389. The molecule has 0 fully saturated rings. The first-order valence-corrected chi connectivity index (χ1v) is 10.8. The molecule has 0 aliphatic carbocycles. The second kappa shape index (κ2) is 9.16. The number of anilines is 2. The summed E-state index contributed by atoms with van der Waals surface area (Å²) in [6, 6.07) is 8.16. The van der Waals surface area contributed by atoms with E-state index >= 15 is 0 Å². The Balaban J connectivity index is 1.70. The number of carbonyl (C=O) groups is 1. The van der Waals surface area contributed by atoms with Crippen LogP contribution in [0.4, 0.5) is 10.8 Å². The van der Waals surface area contributed by atoms with Crippen molar-refractivity contribution < 1.29 is 4.79 Å². The van der Waals surface area contributed by atoms with Crippen molar-refractivity contribution in [1.82, 2.24) is 25.0 Å². The van der Waals surface area contributed by atoms with Crippen LogP contribution in [0, 0.1) is 0 Å². The quantitative estimate of drug-likeness (QED) is 0.563. The molecule has 0 spiro atoms. The molecule has 1 aromatic carbocycles. The van der Waals surface area contributed by atoms with Crippen LogP contribution < -0.4 is 10.2 Å². The topological polar surface area (TPSA) is 88.8 Å². The Morgan fingerprint density at radius 1 is 1.21 bits per heavy atom. The molecule has 0 bridgehead atoms. The van der Waals surface area contributed by atoms with Gasteiger partial charge >= 0.3 is 0 Å². The van der Waals surface area contributed by atoms with Gasteiger partial charge in [0.15, 0.2) is 11.0 Å². The van der Waals surface area contributed by atoms with Gasteiger partial charge in [0.1, 0.15) is 5.01 Å². The number of carbonyl (C=O) groups excluding carboxylic acids is 1. The fourth-order valence-corrected chi connectivity index (χ4v) is 4.05. The zero-order valence-electron chi connectivity index (χ0n) is 16.3. The highest BCUT2D eigenvalue weighted by Gasteiger charge is 2.16. The molecule has 0 unspecified atom stereocenters. The van der Waals surface area contributed by atoms with Crippen molar-refractivity contribution in [3.63, 3.8) is 0 Å². The Hall–Kier alpha value is -2.46. The van der Waals surface area contributed by atoms with Crippen molar-refractivity contribution in [2.24, 2.45) is 0 Å². The Kier molecular flexibility index (Phi) is 6.63. The maximum absolute atomic E-state index is 12.2. The maximum atomic E-state index is 12.2. The summed E-state index contributed by atoms with van der Waals surface area (Å²) >= 11 is 2.76. The predicted octanol–water partition coefficient (Wildman–Crippen LogP) is 3.18. The lowest BCUT2D eigenvalue weighted by Crippen LogP contribution is -2.14. The smallest absolute Gasteiger partial charge is 0.236 e. The van der Waals surface area contributed by atoms with Crippen LogP contribution in [-0.2, 0) is 17.8 Å². The molecule has 0 atom stereocenters. The molecule has 0 aliphatic heterocycles. The number of hydrogen-bond donors (Lipinski definition) is 1. The molecular weight excluding hydrogens is 394 g/mol. The lowest BCUT2D eigenvalue weighted by Gasteiger charge is -2.14. The van der Waals surface area contributed by atoms with E-state index in [-0.39, 0.29) is 11.7 Å². The second-order valence-corrected chi connectivity index (χ2v) is 8.19. The van der Waals surface area contributed by atoms with Crippen LogP contribution in [-0.4, -0.2) is 50.7 Å². The third-order valence-corrected chi connectivity index (χ3v) is 5.95. The number of aryl methyl sites for hydroxylation is 1. The molecular formula is C18H23N7OS2. The first-order chi connectivity index (χ1) is 13.5. The van der Waals surface area contributed by atoms with Gasteiger partial charge < -0.3 is 9.47 Å². The Bertz CT molecular complexity index is 951. The van der Waals surface area contributed by atoms with Gasteiger partial charge in [-0.3, -0.25) is 10.1 Å². The molecule has 10 heteroatoms. The molecule has 0 saturated carbocycles. The van der Waals surface area contributed by atoms with E-state index in [1.54, 1.807) is 0 Å². The van der Waals surface area contributed by atoms with E-state index in [0.717, 1.165) is 40.2 Å². The normalized spacial score (nSPS) is 10.9. The molecule has 3 rings (SSSR count). The lowest BCUT2D eigenvalue weighted by molar-refractivity contribution is -0.113. The SMILES string of the molecule is CCc1nnc(NC(=O)CSc2nnc(-c3cccc(N(C)C)c3)n2CC)s1. The summed E-state index contributed by atoms with van der Waals surface area (Å²) < 4.78 is 2.02. The summed E-state index contributed by atoms with van der Waals surface area (Å²) in [6.07, 6.45) is 0.805. The first-order valence-electron chi connectivity index (χ1n) is 8.97. The summed E-state index contributed by atoms with van der Waals surface area (Å²) in [7, 11) is 4.01. The molecule has 2 heterocycles. The number of aromatic nitrogens is 5. The van der Waals surface area contributed by atoms with Gasteiger partial charge in [-0.2, -0.15) is 0 Å². The Morgan fingerprint density at radius 2 is 2.04 bits per heavy atom. The number of hydrogen-bond acceptors (Lipinski definition) is 8. The lowest BCUT2D eigenvalue weighted by atomic mass is 10.2. The van der Waals surface area contributed by atoms with Gasteiger partial charge in [0.25, 0.3) is 0 Å². The molecule has 8 nitrogen and oxygen atoms in total. The largest absolute Gasteiger partial charge is 0.378 e. The summed E-state index contributed by atoms with van der Waals surface area (Å²) in [5, 5.41) is 21.6. The van der Waals surface area contributed by atoms with Crippen molar-refractivity contribution in [2.75, 3.05) is 30.1 Å². The van der Waals surface area contributed by atoms with Gasteiger partial charge in [-0.1, -0.05) is 42.2 Å². The molecule has 0 saturated heterocycles. The minimum Gasteiger partial charge on any atom is -0.378 e. The highest BCUT2D eigenvalue weighted by atomic mass is 32.2. The predicted molar refractivity (Wildman–Crippen MR) is 114 cm³/mol. The minimum atomic E-state index is -0.134. The van der Waals surface area contributed by atoms with Crippen molar-refractivity contribution in [3.8, 4) is 11.4 Å². The van der Waals surface area contributed by atoms with Crippen LogP contribution >= 0.6 is 23.1 Å². The fourth-order valence-electron chi connectivity index (χ4n) is 2.55. The average Bonchev–Trinajstić information content (AvgIpc) is 3.32.